The Kier molecular flexibility index (Phi) is 5.15. The molecule has 0 saturated carbocycles. The highest BCUT2D eigenvalue weighted by atomic mass is 32.1. The van der Waals surface area contributed by atoms with Gasteiger partial charge in [0.25, 0.3) is 0 Å². The molecule has 1 fully saturated rings. The van der Waals surface area contributed by atoms with Gasteiger partial charge in [-0.15, -0.1) is 11.3 Å². The fourth-order valence-electron chi connectivity index (χ4n) is 3.89. The minimum Gasteiger partial charge on any atom is -0.445 e. The predicted molar refractivity (Wildman–Crippen MR) is 118 cm³/mol. The number of carbonyl (C=O) groups is 1. The van der Waals surface area contributed by atoms with Crippen LogP contribution in [0.4, 0.5) is 4.79 Å². The first-order valence-corrected chi connectivity index (χ1v) is 10.9. The quantitative estimate of drug-likeness (QED) is 0.421. The number of rotatable bonds is 4. The number of hydrogen-bond acceptors (Lipinski definition) is 5. The van der Waals surface area contributed by atoms with E-state index in [0.717, 1.165) is 44.8 Å². The number of ether oxygens (including phenoxy) is 1. The highest BCUT2D eigenvalue weighted by Crippen LogP contribution is 2.39. The molecule has 0 N–H and O–H groups in total. The SMILES string of the molecule is O=C(OCc1ccccc1)N1CCC[C@H]1c1nc2c(-c3ccccc3)cncc2s1. The van der Waals surface area contributed by atoms with Crippen molar-refractivity contribution in [2.24, 2.45) is 0 Å². The summed E-state index contributed by atoms with van der Waals surface area (Å²) in [5.41, 5.74) is 4.05. The lowest BCUT2D eigenvalue weighted by molar-refractivity contribution is 0.0920. The molecule has 150 valence electrons. The first-order chi connectivity index (χ1) is 14.8. The standard InChI is InChI=1S/C24H21N3O2S/c28-24(29-16-17-8-3-1-4-9-17)27-13-7-12-20(27)23-26-22-19(14-25-15-21(22)30-23)18-10-5-2-6-11-18/h1-6,8-11,14-15,20H,7,12-13,16H2/t20-/m0/s1. The largest absolute Gasteiger partial charge is 0.445 e. The van der Waals surface area contributed by atoms with Crippen LogP contribution in [-0.2, 0) is 11.3 Å². The number of thiazole rings is 1. The van der Waals surface area contributed by atoms with E-state index in [-0.39, 0.29) is 18.7 Å². The summed E-state index contributed by atoms with van der Waals surface area (Å²) in [6.07, 6.45) is 5.29. The summed E-state index contributed by atoms with van der Waals surface area (Å²) in [6, 6.07) is 19.9. The first-order valence-electron chi connectivity index (χ1n) is 10.1. The Morgan fingerprint density at radius 1 is 1.07 bits per heavy atom. The van der Waals surface area contributed by atoms with E-state index >= 15 is 0 Å². The average molecular weight is 416 g/mol. The second kappa shape index (κ2) is 8.24. The van der Waals surface area contributed by atoms with E-state index in [2.05, 4.69) is 17.1 Å². The molecule has 0 bridgehead atoms. The van der Waals surface area contributed by atoms with Crippen molar-refractivity contribution in [2.45, 2.75) is 25.5 Å². The van der Waals surface area contributed by atoms with Gasteiger partial charge in [-0.05, 0) is 24.0 Å². The summed E-state index contributed by atoms with van der Waals surface area (Å²) in [5, 5.41) is 0.948. The lowest BCUT2D eigenvalue weighted by Gasteiger charge is -2.22. The third-order valence-corrected chi connectivity index (χ3v) is 6.47. The average Bonchev–Trinajstić information content (AvgIpc) is 3.45. The van der Waals surface area contributed by atoms with Crippen LogP contribution < -0.4 is 0 Å². The van der Waals surface area contributed by atoms with Crippen LogP contribution in [0, 0.1) is 0 Å². The molecule has 5 rings (SSSR count). The summed E-state index contributed by atoms with van der Waals surface area (Å²) in [5.74, 6) is 0. The molecular formula is C24H21N3O2S. The van der Waals surface area contributed by atoms with Crippen LogP contribution in [0.25, 0.3) is 21.3 Å². The van der Waals surface area contributed by atoms with Gasteiger partial charge in [-0.1, -0.05) is 60.7 Å². The number of pyridine rings is 1. The topological polar surface area (TPSA) is 55.3 Å². The van der Waals surface area contributed by atoms with E-state index < -0.39 is 0 Å². The Morgan fingerprint density at radius 3 is 2.63 bits per heavy atom. The van der Waals surface area contributed by atoms with E-state index in [4.69, 9.17) is 9.72 Å². The van der Waals surface area contributed by atoms with E-state index in [0.29, 0.717) is 6.54 Å². The Balaban J connectivity index is 1.40. The first kappa shape index (κ1) is 18.8. The van der Waals surface area contributed by atoms with Gasteiger partial charge in [0.05, 0.1) is 16.3 Å². The van der Waals surface area contributed by atoms with E-state index in [1.807, 2.05) is 65.8 Å². The molecule has 2 aromatic carbocycles. The molecule has 1 saturated heterocycles. The van der Waals surface area contributed by atoms with Crippen LogP contribution >= 0.6 is 11.3 Å². The number of aromatic nitrogens is 2. The molecule has 0 aliphatic carbocycles. The highest BCUT2D eigenvalue weighted by molar-refractivity contribution is 7.18. The molecule has 5 nitrogen and oxygen atoms in total. The summed E-state index contributed by atoms with van der Waals surface area (Å²) in [6.45, 7) is 0.975. The number of likely N-dealkylation sites (tertiary alicyclic amines) is 1. The van der Waals surface area contributed by atoms with Crippen molar-refractivity contribution in [1.29, 1.82) is 0 Å². The number of fused-ring (bicyclic) bond motifs is 1. The van der Waals surface area contributed by atoms with Gasteiger partial charge in [0.15, 0.2) is 0 Å². The Bertz CT molecular complexity index is 1160. The van der Waals surface area contributed by atoms with Crippen LogP contribution in [-0.4, -0.2) is 27.5 Å². The summed E-state index contributed by atoms with van der Waals surface area (Å²) in [4.78, 5) is 24.0. The van der Waals surface area contributed by atoms with Crippen molar-refractivity contribution in [3.05, 3.63) is 83.6 Å². The normalized spacial score (nSPS) is 16.1. The van der Waals surface area contributed by atoms with Gasteiger partial charge in [0.1, 0.15) is 11.6 Å². The van der Waals surface area contributed by atoms with Gasteiger partial charge < -0.3 is 4.74 Å². The predicted octanol–water partition coefficient (Wildman–Crippen LogP) is 5.83. The molecule has 0 radical (unpaired) electrons. The van der Waals surface area contributed by atoms with Gasteiger partial charge in [-0.2, -0.15) is 0 Å². The van der Waals surface area contributed by atoms with Gasteiger partial charge in [-0.3, -0.25) is 9.88 Å². The van der Waals surface area contributed by atoms with E-state index in [1.54, 1.807) is 11.3 Å². The Labute approximate surface area is 179 Å². The van der Waals surface area contributed by atoms with Crippen LogP contribution in [0.15, 0.2) is 73.1 Å². The van der Waals surface area contributed by atoms with Crippen molar-refractivity contribution in [1.82, 2.24) is 14.9 Å². The van der Waals surface area contributed by atoms with Crippen LogP contribution in [0.1, 0.15) is 29.5 Å². The molecule has 3 heterocycles. The molecule has 1 atom stereocenters. The Hall–Kier alpha value is -3.25. The Morgan fingerprint density at radius 2 is 1.83 bits per heavy atom. The molecule has 1 amide bonds. The number of nitrogens with zero attached hydrogens (tertiary/aromatic N) is 3. The second-order valence-corrected chi connectivity index (χ2v) is 8.41. The van der Waals surface area contributed by atoms with Crippen LogP contribution in [0.2, 0.25) is 0 Å². The minimum absolute atomic E-state index is 0.0469. The fourth-order valence-corrected chi connectivity index (χ4v) is 5.00. The van der Waals surface area contributed by atoms with Crippen molar-refractivity contribution >= 4 is 27.6 Å². The molecule has 1 aliphatic heterocycles. The van der Waals surface area contributed by atoms with Crippen molar-refractivity contribution in [3.63, 3.8) is 0 Å². The lowest BCUT2D eigenvalue weighted by atomic mass is 10.1. The van der Waals surface area contributed by atoms with Crippen LogP contribution in [0.5, 0.6) is 0 Å². The maximum atomic E-state index is 12.8. The summed E-state index contributed by atoms with van der Waals surface area (Å²) in [7, 11) is 0. The van der Waals surface area contributed by atoms with Gasteiger partial charge in [-0.25, -0.2) is 9.78 Å². The van der Waals surface area contributed by atoms with Crippen molar-refractivity contribution in [3.8, 4) is 11.1 Å². The molecule has 4 aromatic rings. The molecule has 2 aromatic heterocycles. The van der Waals surface area contributed by atoms with Gasteiger partial charge in [0.2, 0.25) is 0 Å². The summed E-state index contributed by atoms with van der Waals surface area (Å²) < 4.78 is 6.62. The number of benzene rings is 2. The number of amides is 1. The smallest absolute Gasteiger partial charge is 0.410 e. The van der Waals surface area contributed by atoms with E-state index in [9.17, 15) is 4.79 Å². The molecule has 0 spiro atoms. The van der Waals surface area contributed by atoms with Crippen molar-refractivity contribution < 1.29 is 9.53 Å². The maximum absolute atomic E-state index is 12.8. The van der Waals surface area contributed by atoms with E-state index in [1.165, 1.54) is 0 Å². The third-order valence-electron chi connectivity index (χ3n) is 5.38. The maximum Gasteiger partial charge on any atom is 0.410 e. The third kappa shape index (κ3) is 3.66. The molecular weight excluding hydrogens is 394 g/mol. The zero-order chi connectivity index (χ0) is 20.3. The lowest BCUT2D eigenvalue weighted by Crippen LogP contribution is -2.31. The molecule has 0 unspecified atom stereocenters. The van der Waals surface area contributed by atoms with Crippen molar-refractivity contribution in [2.75, 3.05) is 6.54 Å². The molecule has 1 aliphatic rings. The second-order valence-electron chi connectivity index (χ2n) is 7.34. The minimum atomic E-state index is -0.276. The van der Waals surface area contributed by atoms with Crippen LogP contribution in [0.3, 0.4) is 0 Å². The van der Waals surface area contributed by atoms with Gasteiger partial charge >= 0.3 is 6.09 Å². The monoisotopic (exact) mass is 415 g/mol. The zero-order valence-corrected chi connectivity index (χ0v) is 17.2. The fraction of sp³-hybridized carbons (Fsp3) is 0.208. The molecule has 30 heavy (non-hydrogen) atoms. The zero-order valence-electron chi connectivity index (χ0n) is 16.4. The van der Waals surface area contributed by atoms with Gasteiger partial charge in [0, 0.05) is 24.5 Å². The molecule has 6 heteroatoms. The number of hydrogen-bond donors (Lipinski definition) is 0. The highest BCUT2D eigenvalue weighted by Gasteiger charge is 2.33. The summed E-state index contributed by atoms with van der Waals surface area (Å²) >= 11 is 1.62. The number of carbonyl (C=O) groups excluding carboxylic acids is 1.